The minimum atomic E-state index is 0.0542. The van der Waals surface area contributed by atoms with Crippen molar-refractivity contribution in [2.75, 3.05) is 18.5 Å². The molecule has 2 heterocycles. The first-order valence-electron chi connectivity index (χ1n) is 5.46. The first-order chi connectivity index (χ1) is 7.04. The highest BCUT2D eigenvalue weighted by atomic mass is 16.5. The maximum atomic E-state index is 5.35. The maximum absolute atomic E-state index is 5.35. The van der Waals surface area contributed by atoms with E-state index in [1.165, 1.54) is 5.69 Å². The van der Waals surface area contributed by atoms with Gasteiger partial charge in [-0.15, -0.1) is 0 Å². The Bertz CT molecular complexity index is 321. The van der Waals surface area contributed by atoms with Crippen molar-refractivity contribution in [3.63, 3.8) is 0 Å². The molecule has 0 aliphatic carbocycles. The van der Waals surface area contributed by atoms with Crippen LogP contribution in [0.25, 0.3) is 0 Å². The fourth-order valence-electron chi connectivity index (χ4n) is 1.77. The van der Waals surface area contributed by atoms with E-state index in [9.17, 15) is 0 Å². The number of ether oxygens (including phenoxy) is 1. The molecule has 0 radical (unpaired) electrons. The van der Waals surface area contributed by atoms with E-state index < -0.39 is 0 Å². The molecule has 0 saturated carbocycles. The van der Waals surface area contributed by atoms with Gasteiger partial charge in [0.1, 0.15) is 5.82 Å². The summed E-state index contributed by atoms with van der Waals surface area (Å²) in [7, 11) is 0. The van der Waals surface area contributed by atoms with Crippen molar-refractivity contribution in [1.82, 2.24) is 10.2 Å². The minimum Gasteiger partial charge on any atom is -0.381 e. The summed E-state index contributed by atoms with van der Waals surface area (Å²) in [5.74, 6) is 1.41. The zero-order valence-electron chi connectivity index (χ0n) is 9.63. The molecule has 0 aromatic carbocycles. The molecule has 4 heteroatoms. The summed E-state index contributed by atoms with van der Waals surface area (Å²) in [6.07, 6.45) is 1.09. The van der Waals surface area contributed by atoms with Crippen LogP contribution in [0.15, 0.2) is 6.07 Å². The first-order valence-corrected chi connectivity index (χ1v) is 5.46. The summed E-state index contributed by atoms with van der Waals surface area (Å²) in [5.41, 5.74) is 1.23. The monoisotopic (exact) mass is 209 g/mol. The number of nitrogens with one attached hydrogen (secondary N) is 2. The molecule has 84 valence electrons. The normalized spacial score (nSPS) is 21.9. The van der Waals surface area contributed by atoms with Gasteiger partial charge in [-0.25, -0.2) is 0 Å². The van der Waals surface area contributed by atoms with E-state index in [4.69, 9.17) is 4.74 Å². The lowest BCUT2D eigenvalue weighted by Gasteiger charge is -2.19. The number of hydrogen-bond acceptors (Lipinski definition) is 3. The quantitative estimate of drug-likeness (QED) is 0.784. The Hall–Kier alpha value is -1.03. The number of anilines is 1. The van der Waals surface area contributed by atoms with Crippen LogP contribution < -0.4 is 5.32 Å². The van der Waals surface area contributed by atoms with Crippen LogP contribution >= 0.6 is 0 Å². The molecule has 1 aliphatic rings. The predicted molar refractivity (Wildman–Crippen MR) is 60.1 cm³/mol. The molecule has 1 saturated heterocycles. The third kappa shape index (κ3) is 2.72. The van der Waals surface area contributed by atoms with Crippen LogP contribution in [0.2, 0.25) is 0 Å². The van der Waals surface area contributed by atoms with Gasteiger partial charge in [0.2, 0.25) is 0 Å². The molecule has 4 nitrogen and oxygen atoms in total. The van der Waals surface area contributed by atoms with Crippen molar-refractivity contribution in [3.8, 4) is 0 Å². The van der Waals surface area contributed by atoms with Crippen LogP contribution in [0.4, 0.5) is 5.82 Å². The van der Waals surface area contributed by atoms with Gasteiger partial charge in [-0.05, 0) is 27.2 Å². The van der Waals surface area contributed by atoms with Gasteiger partial charge >= 0.3 is 0 Å². The molecule has 0 amide bonds. The van der Waals surface area contributed by atoms with Crippen molar-refractivity contribution < 1.29 is 4.74 Å². The molecule has 1 aromatic heterocycles. The molecule has 1 fully saturated rings. The number of rotatable bonds is 2. The van der Waals surface area contributed by atoms with Gasteiger partial charge in [-0.1, -0.05) is 0 Å². The largest absolute Gasteiger partial charge is 0.381 e. The highest BCUT2D eigenvalue weighted by Gasteiger charge is 2.20. The highest BCUT2D eigenvalue weighted by molar-refractivity contribution is 5.38. The van der Waals surface area contributed by atoms with E-state index in [1.54, 1.807) is 0 Å². The topological polar surface area (TPSA) is 49.9 Å². The van der Waals surface area contributed by atoms with E-state index >= 15 is 0 Å². The van der Waals surface area contributed by atoms with Crippen LogP contribution in [-0.4, -0.2) is 29.0 Å². The number of aromatic nitrogens is 2. The number of aromatic amines is 1. The third-order valence-electron chi connectivity index (χ3n) is 2.47. The Balaban J connectivity index is 2.03. The van der Waals surface area contributed by atoms with Gasteiger partial charge in [-0.3, -0.25) is 5.10 Å². The van der Waals surface area contributed by atoms with E-state index in [0.29, 0.717) is 5.92 Å². The summed E-state index contributed by atoms with van der Waals surface area (Å²) >= 11 is 0. The van der Waals surface area contributed by atoms with Crippen molar-refractivity contribution in [1.29, 1.82) is 0 Å². The number of H-pyrrole nitrogens is 1. The van der Waals surface area contributed by atoms with Crippen molar-refractivity contribution in [2.24, 2.45) is 0 Å². The summed E-state index contributed by atoms with van der Waals surface area (Å²) in [6, 6.07) is 2.09. The summed E-state index contributed by atoms with van der Waals surface area (Å²) in [5, 5.41) is 10.7. The molecule has 1 aliphatic heterocycles. The van der Waals surface area contributed by atoms with E-state index in [2.05, 4.69) is 42.4 Å². The van der Waals surface area contributed by atoms with E-state index in [0.717, 1.165) is 25.5 Å². The SMILES string of the molecule is CC(C)(C)Nc1cc(C2CCOC2)[nH]n1. The highest BCUT2D eigenvalue weighted by Crippen LogP contribution is 2.25. The molecule has 2 rings (SSSR count). The Labute approximate surface area is 90.4 Å². The molecule has 1 unspecified atom stereocenters. The number of hydrogen-bond donors (Lipinski definition) is 2. The minimum absolute atomic E-state index is 0.0542. The van der Waals surface area contributed by atoms with Gasteiger partial charge in [0.25, 0.3) is 0 Å². The van der Waals surface area contributed by atoms with Crippen LogP contribution in [0.5, 0.6) is 0 Å². The molecule has 0 bridgehead atoms. The lowest BCUT2D eigenvalue weighted by Crippen LogP contribution is -2.26. The fraction of sp³-hybridized carbons (Fsp3) is 0.727. The zero-order valence-corrected chi connectivity index (χ0v) is 9.63. The molecule has 2 N–H and O–H groups in total. The van der Waals surface area contributed by atoms with Crippen molar-refractivity contribution in [3.05, 3.63) is 11.8 Å². The van der Waals surface area contributed by atoms with E-state index in [-0.39, 0.29) is 5.54 Å². The standard InChI is InChI=1S/C11H19N3O/c1-11(2,3)12-10-6-9(13-14-10)8-4-5-15-7-8/h6,8H,4-5,7H2,1-3H3,(H2,12,13,14). The fourth-order valence-corrected chi connectivity index (χ4v) is 1.77. The Morgan fingerprint density at radius 3 is 2.93 bits per heavy atom. The second-order valence-electron chi connectivity index (χ2n) is 5.14. The molecular weight excluding hydrogens is 190 g/mol. The van der Waals surface area contributed by atoms with Gasteiger partial charge in [0.15, 0.2) is 0 Å². The lowest BCUT2D eigenvalue weighted by atomic mass is 10.1. The summed E-state index contributed by atoms with van der Waals surface area (Å²) < 4.78 is 5.35. The third-order valence-corrected chi connectivity index (χ3v) is 2.47. The summed E-state index contributed by atoms with van der Waals surface area (Å²) in [6.45, 7) is 8.06. The van der Waals surface area contributed by atoms with Crippen LogP contribution in [0.1, 0.15) is 38.8 Å². The maximum Gasteiger partial charge on any atom is 0.148 e. The number of nitrogens with zero attached hydrogens (tertiary/aromatic N) is 1. The van der Waals surface area contributed by atoms with Gasteiger partial charge in [0, 0.05) is 29.8 Å². The Kier molecular flexibility index (Phi) is 2.69. The Morgan fingerprint density at radius 2 is 2.33 bits per heavy atom. The lowest BCUT2D eigenvalue weighted by molar-refractivity contribution is 0.193. The van der Waals surface area contributed by atoms with E-state index in [1.807, 2.05) is 0 Å². The van der Waals surface area contributed by atoms with Crippen LogP contribution in [0.3, 0.4) is 0 Å². The smallest absolute Gasteiger partial charge is 0.148 e. The van der Waals surface area contributed by atoms with Gasteiger partial charge in [-0.2, -0.15) is 5.10 Å². The second-order valence-corrected chi connectivity index (χ2v) is 5.14. The van der Waals surface area contributed by atoms with Gasteiger partial charge < -0.3 is 10.1 Å². The van der Waals surface area contributed by atoms with Crippen LogP contribution in [-0.2, 0) is 4.74 Å². The molecule has 1 aromatic rings. The molecule has 15 heavy (non-hydrogen) atoms. The Morgan fingerprint density at radius 1 is 1.53 bits per heavy atom. The summed E-state index contributed by atoms with van der Waals surface area (Å²) in [4.78, 5) is 0. The first kappa shape index (κ1) is 10.5. The average Bonchev–Trinajstić information content (AvgIpc) is 2.68. The van der Waals surface area contributed by atoms with Crippen molar-refractivity contribution in [2.45, 2.75) is 38.6 Å². The van der Waals surface area contributed by atoms with Crippen LogP contribution in [0, 0.1) is 0 Å². The average molecular weight is 209 g/mol. The molecule has 0 spiro atoms. The second kappa shape index (κ2) is 3.85. The molecule has 1 atom stereocenters. The van der Waals surface area contributed by atoms with Crippen molar-refractivity contribution >= 4 is 5.82 Å². The predicted octanol–water partition coefficient (Wildman–Crippen LogP) is 2.12. The zero-order chi connectivity index (χ0) is 10.9. The molecular formula is C11H19N3O. The van der Waals surface area contributed by atoms with Gasteiger partial charge in [0.05, 0.1) is 6.61 Å².